The molecule has 0 radical (unpaired) electrons. The number of aliphatic hydroxyl groups excluding tert-OH is 1. The van der Waals surface area contributed by atoms with Crippen molar-refractivity contribution in [1.29, 1.82) is 0 Å². The zero-order valence-corrected chi connectivity index (χ0v) is 11.7. The molecule has 0 aliphatic heterocycles. The van der Waals surface area contributed by atoms with Gasteiger partial charge in [-0.3, -0.25) is 0 Å². The normalized spacial score (nSPS) is 14.2. The largest absolute Gasteiger partial charge is 0.494 e. The van der Waals surface area contributed by atoms with Crippen LogP contribution in [0, 0.1) is 6.92 Å². The number of rotatable bonds is 8. The Bertz CT molecular complexity index is 354. The molecular formula is C15H25NO2. The first kappa shape index (κ1) is 15.0. The van der Waals surface area contributed by atoms with Gasteiger partial charge < -0.3 is 15.2 Å². The lowest BCUT2D eigenvalue weighted by molar-refractivity contribution is 0.144. The molecule has 0 heterocycles. The average Bonchev–Trinajstić information content (AvgIpc) is 2.36. The lowest BCUT2D eigenvalue weighted by atomic mass is 9.99. The van der Waals surface area contributed by atoms with E-state index in [0.29, 0.717) is 6.61 Å². The van der Waals surface area contributed by atoms with E-state index >= 15 is 0 Å². The van der Waals surface area contributed by atoms with Crippen LogP contribution in [0.5, 0.6) is 5.75 Å². The summed E-state index contributed by atoms with van der Waals surface area (Å²) in [5.41, 5.74) is 0.946. The van der Waals surface area contributed by atoms with Crippen molar-refractivity contribution in [3.05, 3.63) is 29.8 Å². The number of benzene rings is 1. The lowest BCUT2D eigenvalue weighted by Crippen LogP contribution is -2.47. The number of hydrogen-bond donors (Lipinski definition) is 2. The molecule has 0 spiro atoms. The van der Waals surface area contributed by atoms with Crippen LogP contribution in [0.25, 0.3) is 0 Å². The molecule has 0 aliphatic rings. The highest BCUT2D eigenvalue weighted by atomic mass is 16.5. The van der Waals surface area contributed by atoms with Gasteiger partial charge in [-0.25, -0.2) is 0 Å². The van der Waals surface area contributed by atoms with E-state index in [1.165, 1.54) is 5.56 Å². The highest BCUT2D eigenvalue weighted by Crippen LogP contribution is 2.15. The minimum atomic E-state index is -0.250. The van der Waals surface area contributed by atoms with Crippen molar-refractivity contribution in [2.75, 3.05) is 19.8 Å². The van der Waals surface area contributed by atoms with Gasteiger partial charge in [0.1, 0.15) is 5.75 Å². The van der Waals surface area contributed by atoms with Gasteiger partial charge in [0.2, 0.25) is 0 Å². The summed E-state index contributed by atoms with van der Waals surface area (Å²) in [7, 11) is 0. The van der Waals surface area contributed by atoms with Crippen molar-refractivity contribution in [3.63, 3.8) is 0 Å². The summed E-state index contributed by atoms with van der Waals surface area (Å²) in [4.78, 5) is 0. The van der Waals surface area contributed by atoms with Crippen LogP contribution in [-0.2, 0) is 0 Å². The average molecular weight is 251 g/mol. The summed E-state index contributed by atoms with van der Waals surface area (Å²) in [6.07, 6.45) is 1.85. The fraction of sp³-hybridized carbons (Fsp3) is 0.600. The number of aryl methyl sites for hydroxylation is 1. The maximum Gasteiger partial charge on any atom is 0.119 e. The molecule has 1 aromatic carbocycles. The van der Waals surface area contributed by atoms with Crippen LogP contribution < -0.4 is 10.1 Å². The fourth-order valence-electron chi connectivity index (χ4n) is 1.75. The van der Waals surface area contributed by atoms with Crippen LogP contribution in [0.1, 0.15) is 32.3 Å². The Morgan fingerprint density at radius 1 is 1.39 bits per heavy atom. The summed E-state index contributed by atoms with van der Waals surface area (Å²) in [5, 5.41) is 12.8. The molecule has 0 amide bonds. The Morgan fingerprint density at radius 3 is 2.78 bits per heavy atom. The standard InChI is InChI=1S/C15H25NO2/c1-4-9-16-15(3,12-17)8-10-18-14-7-5-6-13(2)11-14/h5-7,11,16-17H,4,8-10,12H2,1-3H3. The minimum absolute atomic E-state index is 0.129. The third-order valence-corrected chi connectivity index (χ3v) is 3.06. The smallest absolute Gasteiger partial charge is 0.119 e. The van der Waals surface area contributed by atoms with Crippen LogP contribution in [0.3, 0.4) is 0 Å². The zero-order chi connectivity index (χ0) is 13.4. The van der Waals surface area contributed by atoms with Crippen molar-refractivity contribution in [3.8, 4) is 5.75 Å². The molecule has 0 saturated heterocycles. The summed E-state index contributed by atoms with van der Waals surface area (Å²) in [6.45, 7) is 7.85. The molecule has 2 N–H and O–H groups in total. The third kappa shape index (κ3) is 5.07. The molecule has 1 aromatic rings. The van der Waals surface area contributed by atoms with Gasteiger partial charge in [-0.15, -0.1) is 0 Å². The molecule has 1 rings (SSSR count). The number of nitrogens with one attached hydrogen (secondary N) is 1. The quantitative estimate of drug-likeness (QED) is 0.746. The maximum atomic E-state index is 9.44. The Kier molecular flexibility index (Phi) is 6.16. The van der Waals surface area contributed by atoms with E-state index < -0.39 is 0 Å². The van der Waals surface area contributed by atoms with Crippen LogP contribution in [0.2, 0.25) is 0 Å². The molecule has 0 bridgehead atoms. The first-order valence-corrected chi connectivity index (χ1v) is 6.65. The maximum absolute atomic E-state index is 9.44. The molecule has 1 unspecified atom stereocenters. The van der Waals surface area contributed by atoms with Crippen LogP contribution in [-0.4, -0.2) is 30.4 Å². The number of hydrogen-bond acceptors (Lipinski definition) is 3. The highest BCUT2D eigenvalue weighted by molar-refractivity contribution is 5.27. The van der Waals surface area contributed by atoms with Gasteiger partial charge in [0, 0.05) is 12.0 Å². The van der Waals surface area contributed by atoms with Crippen molar-refractivity contribution in [2.45, 2.75) is 39.2 Å². The van der Waals surface area contributed by atoms with E-state index in [1.807, 2.05) is 38.1 Å². The van der Waals surface area contributed by atoms with Gasteiger partial charge in [-0.1, -0.05) is 19.1 Å². The van der Waals surface area contributed by atoms with Crippen molar-refractivity contribution in [1.82, 2.24) is 5.32 Å². The predicted molar refractivity (Wildman–Crippen MR) is 75.1 cm³/mol. The molecule has 0 aromatic heterocycles. The Labute approximate surface area is 110 Å². The van der Waals surface area contributed by atoms with Gasteiger partial charge in [0.15, 0.2) is 0 Å². The summed E-state index contributed by atoms with van der Waals surface area (Å²) < 4.78 is 5.71. The Balaban J connectivity index is 2.39. The van der Waals surface area contributed by atoms with Crippen molar-refractivity contribution >= 4 is 0 Å². The highest BCUT2D eigenvalue weighted by Gasteiger charge is 2.21. The van der Waals surface area contributed by atoms with E-state index in [2.05, 4.69) is 12.2 Å². The predicted octanol–water partition coefficient (Wildman–Crippen LogP) is 2.51. The lowest BCUT2D eigenvalue weighted by Gasteiger charge is -2.28. The molecule has 3 nitrogen and oxygen atoms in total. The molecule has 0 aliphatic carbocycles. The van der Waals surface area contributed by atoms with E-state index in [-0.39, 0.29) is 12.1 Å². The molecule has 3 heteroatoms. The first-order valence-electron chi connectivity index (χ1n) is 6.65. The second kappa shape index (κ2) is 7.39. The van der Waals surface area contributed by atoms with Gasteiger partial charge >= 0.3 is 0 Å². The number of ether oxygens (including phenoxy) is 1. The SMILES string of the molecule is CCCNC(C)(CO)CCOc1cccc(C)c1. The third-order valence-electron chi connectivity index (χ3n) is 3.06. The summed E-state index contributed by atoms with van der Waals surface area (Å²) >= 11 is 0. The van der Waals surface area contributed by atoms with Gasteiger partial charge in [-0.2, -0.15) is 0 Å². The molecule has 1 atom stereocenters. The Morgan fingerprint density at radius 2 is 2.17 bits per heavy atom. The second-order valence-electron chi connectivity index (χ2n) is 5.06. The number of aliphatic hydroxyl groups is 1. The molecular weight excluding hydrogens is 226 g/mol. The Hall–Kier alpha value is -1.06. The molecule has 0 fully saturated rings. The summed E-state index contributed by atoms with van der Waals surface area (Å²) in [5.74, 6) is 0.894. The zero-order valence-electron chi connectivity index (χ0n) is 11.7. The van der Waals surface area contributed by atoms with Gasteiger partial charge in [0.25, 0.3) is 0 Å². The van der Waals surface area contributed by atoms with Crippen molar-refractivity contribution in [2.24, 2.45) is 0 Å². The van der Waals surface area contributed by atoms with Crippen LogP contribution in [0.15, 0.2) is 24.3 Å². The second-order valence-corrected chi connectivity index (χ2v) is 5.06. The van der Waals surface area contributed by atoms with Crippen LogP contribution >= 0.6 is 0 Å². The van der Waals surface area contributed by atoms with Gasteiger partial charge in [-0.05, 0) is 44.5 Å². The van der Waals surface area contributed by atoms with Crippen molar-refractivity contribution < 1.29 is 9.84 Å². The molecule has 102 valence electrons. The molecule has 0 saturated carbocycles. The van der Waals surface area contributed by atoms with E-state index in [0.717, 1.165) is 25.1 Å². The van der Waals surface area contributed by atoms with E-state index in [1.54, 1.807) is 0 Å². The fourth-order valence-corrected chi connectivity index (χ4v) is 1.75. The summed E-state index contributed by atoms with van der Waals surface area (Å²) in [6, 6.07) is 8.03. The van der Waals surface area contributed by atoms with Gasteiger partial charge in [0.05, 0.1) is 13.2 Å². The minimum Gasteiger partial charge on any atom is -0.494 e. The van der Waals surface area contributed by atoms with E-state index in [9.17, 15) is 5.11 Å². The van der Waals surface area contributed by atoms with Crippen LogP contribution in [0.4, 0.5) is 0 Å². The monoisotopic (exact) mass is 251 g/mol. The molecule has 18 heavy (non-hydrogen) atoms. The topological polar surface area (TPSA) is 41.5 Å². The van der Waals surface area contributed by atoms with E-state index in [4.69, 9.17) is 4.74 Å². The first-order chi connectivity index (χ1) is 8.59.